The van der Waals surface area contributed by atoms with Crippen LogP contribution in [0.2, 0.25) is 0 Å². The maximum Gasteiger partial charge on any atom is 0.0623 e. The van der Waals surface area contributed by atoms with Gasteiger partial charge >= 0.3 is 0 Å². The molecule has 0 spiro atoms. The lowest BCUT2D eigenvalue weighted by Gasteiger charge is -2.01. The molecular formula is C10H12. The first-order chi connectivity index (χ1) is 5.59. The van der Waals surface area contributed by atoms with E-state index in [1.165, 1.54) is 5.56 Å². The molecule has 0 radical (unpaired) electrons. The Balaban J connectivity index is 2.57. The Labute approximate surface area is 64.7 Å². The summed E-state index contributed by atoms with van der Waals surface area (Å²) in [6.45, 7) is 1.93. The van der Waals surface area contributed by atoms with Crippen molar-refractivity contribution in [2.75, 3.05) is 0 Å². The monoisotopic (exact) mass is 134 g/mol. The van der Waals surface area contributed by atoms with Gasteiger partial charge in [-0.3, -0.25) is 0 Å². The van der Waals surface area contributed by atoms with Crippen molar-refractivity contribution in [3.63, 3.8) is 0 Å². The third-order valence-electron chi connectivity index (χ3n) is 2.18. The molecule has 1 atom stereocenters. The molecule has 10 heavy (non-hydrogen) atoms. The van der Waals surface area contributed by atoms with E-state index in [1.54, 1.807) is 6.07 Å². The molecule has 0 saturated heterocycles. The lowest BCUT2D eigenvalue weighted by molar-refractivity contribution is 0.747. The number of aryl methyl sites for hydroxylation is 1. The summed E-state index contributed by atoms with van der Waals surface area (Å²) >= 11 is 0. The highest BCUT2D eigenvalue weighted by atomic mass is 14.2. The summed E-state index contributed by atoms with van der Waals surface area (Å²) in [6, 6.07) is 6.14. The van der Waals surface area contributed by atoms with Gasteiger partial charge in [-0.25, -0.2) is 0 Å². The first kappa shape index (κ1) is 4.17. The van der Waals surface area contributed by atoms with E-state index < -0.39 is 5.89 Å². The SMILES string of the molecule is [2H]c1ccc2c(c1)C([2H])(C)CC2. The second kappa shape index (κ2) is 2.12. The molecule has 1 unspecified atom stereocenters. The molecule has 0 heteroatoms. The van der Waals surface area contributed by atoms with Crippen molar-refractivity contribution in [1.29, 1.82) is 0 Å². The molecule has 1 aromatic carbocycles. The Hall–Kier alpha value is -0.780. The Morgan fingerprint density at radius 1 is 1.70 bits per heavy atom. The Morgan fingerprint density at radius 3 is 3.50 bits per heavy atom. The van der Waals surface area contributed by atoms with E-state index in [2.05, 4.69) is 0 Å². The predicted octanol–water partition coefficient (Wildman–Crippen LogP) is 2.74. The van der Waals surface area contributed by atoms with Crippen LogP contribution in [0.1, 0.15) is 33.1 Å². The van der Waals surface area contributed by atoms with Gasteiger partial charge in [-0.2, -0.15) is 0 Å². The summed E-state index contributed by atoms with van der Waals surface area (Å²) in [5.41, 5.74) is 2.30. The van der Waals surface area contributed by atoms with Crippen LogP contribution in [0, 0.1) is 0 Å². The number of fused-ring (bicyclic) bond motifs is 1. The Kier molecular flexibility index (Phi) is 0.884. The zero-order chi connectivity index (χ0) is 8.77. The Bertz CT molecular complexity index is 316. The number of benzene rings is 1. The van der Waals surface area contributed by atoms with Crippen LogP contribution in [0.3, 0.4) is 0 Å². The molecule has 0 amide bonds. The van der Waals surface area contributed by atoms with Crippen LogP contribution in [-0.4, -0.2) is 0 Å². The van der Waals surface area contributed by atoms with Crippen LogP contribution in [-0.2, 0) is 6.42 Å². The quantitative estimate of drug-likeness (QED) is 0.511. The van der Waals surface area contributed by atoms with Gasteiger partial charge in [0.15, 0.2) is 0 Å². The number of hydrogen-bond acceptors (Lipinski definition) is 0. The van der Waals surface area contributed by atoms with Crippen LogP contribution < -0.4 is 0 Å². The van der Waals surface area contributed by atoms with Crippen molar-refractivity contribution < 1.29 is 2.74 Å². The summed E-state index contributed by atoms with van der Waals surface area (Å²) in [6.07, 6.45) is 1.89. The average molecular weight is 134 g/mol. The highest BCUT2D eigenvalue weighted by Crippen LogP contribution is 2.31. The Morgan fingerprint density at radius 2 is 2.60 bits per heavy atom. The van der Waals surface area contributed by atoms with E-state index in [-0.39, 0.29) is 0 Å². The van der Waals surface area contributed by atoms with E-state index in [0.29, 0.717) is 6.04 Å². The smallest absolute Gasteiger partial charge is 0.0620 e. The fourth-order valence-corrected chi connectivity index (χ4v) is 1.53. The van der Waals surface area contributed by atoms with Crippen molar-refractivity contribution in [2.45, 2.75) is 25.7 Å². The fourth-order valence-electron chi connectivity index (χ4n) is 1.53. The van der Waals surface area contributed by atoms with E-state index in [0.717, 1.165) is 18.4 Å². The topological polar surface area (TPSA) is 0 Å². The number of rotatable bonds is 0. The van der Waals surface area contributed by atoms with Gasteiger partial charge < -0.3 is 0 Å². The molecule has 0 aliphatic heterocycles. The molecule has 2 rings (SSSR count). The molecule has 0 nitrogen and oxygen atoms in total. The minimum absolute atomic E-state index is 0.452. The van der Waals surface area contributed by atoms with Crippen molar-refractivity contribution in [3.05, 3.63) is 35.4 Å². The lowest BCUT2D eigenvalue weighted by Crippen LogP contribution is -1.83. The van der Waals surface area contributed by atoms with Crippen molar-refractivity contribution in [2.24, 2.45) is 0 Å². The maximum atomic E-state index is 7.98. The van der Waals surface area contributed by atoms with Crippen molar-refractivity contribution in [3.8, 4) is 0 Å². The molecule has 0 N–H and O–H groups in total. The van der Waals surface area contributed by atoms with Crippen LogP contribution in [0.4, 0.5) is 0 Å². The standard InChI is InChI=1S/C10H12/c1-8-6-7-9-4-2-3-5-10(8)9/h2-5,8H,6-7H2,1H3/i3D,8D. The second-order valence-electron chi connectivity index (χ2n) is 2.86. The fraction of sp³-hybridized carbons (Fsp3) is 0.400. The maximum absolute atomic E-state index is 7.98. The summed E-state index contributed by atoms with van der Waals surface area (Å²) in [5, 5.41) is 0. The first-order valence-electron chi connectivity index (χ1n) is 4.70. The highest BCUT2D eigenvalue weighted by molar-refractivity contribution is 5.33. The summed E-state index contributed by atoms with van der Waals surface area (Å²) < 4.78 is 15.4. The zero-order valence-electron chi connectivity index (χ0n) is 8.15. The molecule has 52 valence electrons. The molecule has 1 aliphatic carbocycles. The predicted molar refractivity (Wildman–Crippen MR) is 43.2 cm³/mol. The van der Waals surface area contributed by atoms with E-state index in [4.69, 9.17) is 2.74 Å². The first-order valence-corrected chi connectivity index (χ1v) is 3.70. The van der Waals surface area contributed by atoms with Crippen LogP contribution in [0.25, 0.3) is 0 Å². The zero-order valence-corrected chi connectivity index (χ0v) is 6.15. The van der Waals surface area contributed by atoms with Crippen molar-refractivity contribution >= 4 is 0 Å². The van der Waals surface area contributed by atoms with E-state index in [9.17, 15) is 0 Å². The third-order valence-corrected chi connectivity index (χ3v) is 2.18. The minimum atomic E-state index is -0.452. The van der Waals surface area contributed by atoms with Gasteiger partial charge in [-0.1, -0.05) is 31.2 Å². The van der Waals surface area contributed by atoms with Gasteiger partial charge in [0.2, 0.25) is 0 Å². The summed E-state index contributed by atoms with van der Waals surface area (Å²) in [7, 11) is 0. The van der Waals surface area contributed by atoms with E-state index in [1.807, 2.05) is 19.1 Å². The van der Waals surface area contributed by atoms with Gasteiger partial charge in [0.1, 0.15) is 0 Å². The lowest BCUT2D eigenvalue weighted by atomic mass is 10.0. The second-order valence-corrected chi connectivity index (χ2v) is 2.86. The molecular weight excluding hydrogens is 120 g/mol. The molecule has 0 bridgehead atoms. The molecule has 0 heterocycles. The van der Waals surface area contributed by atoms with Crippen LogP contribution in [0.15, 0.2) is 24.2 Å². The third kappa shape index (κ3) is 0.756. The van der Waals surface area contributed by atoms with Gasteiger partial charge in [-0.05, 0) is 29.9 Å². The highest BCUT2D eigenvalue weighted by Gasteiger charge is 2.16. The van der Waals surface area contributed by atoms with Gasteiger partial charge in [0.25, 0.3) is 0 Å². The van der Waals surface area contributed by atoms with Gasteiger partial charge in [0.05, 0.1) is 1.37 Å². The molecule has 0 aromatic heterocycles. The molecule has 1 aromatic rings. The van der Waals surface area contributed by atoms with Crippen LogP contribution >= 0.6 is 0 Å². The van der Waals surface area contributed by atoms with Gasteiger partial charge in [0, 0.05) is 1.37 Å². The normalized spacial score (nSPS) is 32.9. The molecule has 1 aliphatic rings. The molecule has 0 saturated carbocycles. The van der Waals surface area contributed by atoms with Crippen molar-refractivity contribution in [1.82, 2.24) is 0 Å². The number of hydrogen-bond donors (Lipinski definition) is 0. The van der Waals surface area contributed by atoms with Crippen LogP contribution in [0.5, 0.6) is 0 Å². The van der Waals surface area contributed by atoms with E-state index >= 15 is 0 Å². The summed E-state index contributed by atoms with van der Waals surface area (Å²) in [4.78, 5) is 0. The minimum Gasteiger partial charge on any atom is -0.0620 e. The summed E-state index contributed by atoms with van der Waals surface area (Å²) in [5.74, 6) is -0.452. The largest absolute Gasteiger partial charge is 0.0623 e. The molecule has 0 fully saturated rings. The van der Waals surface area contributed by atoms with Gasteiger partial charge in [-0.15, -0.1) is 0 Å². The average Bonchev–Trinajstić information content (AvgIpc) is 2.28.